The fourth-order valence-corrected chi connectivity index (χ4v) is 2.67. The molecule has 1 nitrogen and oxygen atoms in total. The van der Waals surface area contributed by atoms with Crippen LogP contribution in [0, 0.1) is 6.92 Å². The van der Waals surface area contributed by atoms with Crippen molar-refractivity contribution in [2.75, 3.05) is 6.61 Å². The average Bonchev–Trinajstić information content (AvgIpc) is 2.53. The number of hydrogen-bond acceptors (Lipinski definition) is 1. The molecule has 0 unspecified atom stereocenters. The number of rotatable bonds is 8. The molecule has 2 aromatic rings. The summed E-state index contributed by atoms with van der Waals surface area (Å²) in [4.78, 5) is 0. The van der Waals surface area contributed by atoms with E-state index in [9.17, 15) is 0 Å². The minimum Gasteiger partial charge on any atom is -0.492 e. The molecule has 0 saturated heterocycles. The largest absolute Gasteiger partial charge is 0.492 e. The molecule has 0 saturated carbocycles. The number of unbranched alkanes of at least 4 members (excludes halogenated alkanes) is 4. The summed E-state index contributed by atoms with van der Waals surface area (Å²) in [7, 11) is 0. The van der Waals surface area contributed by atoms with Crippen molar-refractivity contribution in [1.29, 1.82) is 0 Å². The minimum absolute atomic E-state index is 0.687. The van der Waals surface area contributed by atoms with Crippen LogP contribution in [0.25, 0.3) is 11.1 Å². The maximum Gasteiger partial charge on any atom is 0.137 e. The Kier molecular flexibility index (Phi) is 6.79. The van der Waals surface area contributed by atoms with Gasteiger partial charge < -0.3 is 4.74 Å². The molecule has 0 spiro atoms. The van der Waals surface area contributed by atoms with E-state index in [2.05, 4.69) is 44.2 Å². The molecule has 2 heteroatoms. The molecular formula is C20H25ClO. The van der Waals surface area contributed by atoms with Crippen molar-refractivity contribution in [1.82, 2.24) is 0 Å². The Balaban J connectivity index is 1.91. The lowest BCUT2D eigenvalue weighted by Gasteiger charge is -2.10. The highest BCUT2D eigenvalue weighted by molar-refractivity contribution is 6.32. The summed E-state index contributed by atoms with van der Waals surface area (Å²) in [6, 6.07) is 14.5. The van der Waals surface area contributed by atoms with E-state index in [1.165, 1.54) is 36.8 Å². The van der Waals surface area contributed by atoms with Crippen LogP contribution in [-0.4, -0.2) is 6.61 Å². The zero-order valence-electron chi connectivity index (χ0n) is 13.6. The Labute approximate surface area is 139 Å². The first-order valence-electron chi connectivity index (χ1n) is 8.20. The van der Waals surface area contributed by atoms with Crippen molar-refractivity contribution >= 4 is 11.6 Å². The van der Waals surface area contributed by atoms with E-state index in [1.807, 2.05) is 12.1 Å². The quantitative estimate of drug-likeness (QED) is 0.494. The van der Waals surface area contributed by atoms with Gasteiger partial charge in [0.25, 0.3) is 0 Å². The Morgan fingerprint density at radius 2 is 1.55 bits per heavy atom. The highest BCUT2D eigenvalue weighted by Gasteiger charge is 2.05. The molecule has 0 atom stereocenters. The molecule has 22 heavy (non-hydrogen) atoms. The highest BCUT2D eigenvalue weighted by Crippen LogP contribution is 2.30. The van der Waals surface area contributed by atoms with Crippen molar-refractivity contribution in [2.24, 2.45) is 0 Å². The Morgan fingerprint density at radius 3 is 2.23 bits per heavy atom. The van der Waals surface area contributed by atoms with E-state index in [1.54, 1.807) is 0 Å². The summed E-state index contributed by atoms with van der Waals surface area (Å²) in [6.07, 6.45) is 6.20. The first-order valence-corrected chi connectivity index (χ1v) is 8.58. The van der Waals surface area contributed by atoms with Crippen LogP contribution in [0.15, 0.2) is 42.5 Å². The van der Waals surface area contributed by atoms with E-state index in [-0.39, 0.29) is 0 Å². The van der Waals surface area contributed by atoms with E-state index in [0.29, 0.717) is 5.02 Å². The van der Waals surface area contributed by atoms with Crippen LogP contribution in [-0.2, 0) is 0 Å². The molecule has 0 aliphatic heterocycles. The van der Waals surface area contributed by atoms with Gasteiger partial charge in [-0.15, -0.1) is 0 Å². The first kappa shape index (κ1) is 16.9. The second-order valence-electron chi connectivity index (χ2n) is 5.77. The Morgan fingerprint density at radius 1 is 0.864 bits per heavy atom. The van der Waals surface area contributed by atoms with Gasteiger partial charge in [0, 0.05) is 0 Å². The highest BCUT2D eigenvalue weighted by atomic mass is 35.5. The van der Waals surface area contributed by atoms with Crippen molar-refractivity contribution in [3.05, 3.63) is 53.1 Å². The second-order valence-corrected chi connectivity index (χ2v) is 6.18. The maximum absolute atomic E-state index is 6.35. The first-order chi connectivity index (χ1) is 10.7. The average molecular weight is 317 g/mol. The third kappa shape index (κ3) is 5.06. The minimum atomic E-state index is 0.687. The fourth-order valence-electron chi connectivity index (χ4n) is 2.43. The predicted octanol–water partition coefficient (Wildman–Crippen LogP) is 6.66. The molecule has 0 fully saturated rings. The lowest BCUT2D eigenvalue weighted by Crippen LogP contribution is -1.98. The van der Waals surface area contributed by atoms with Gasteiger partial charge in [0.1, 0.15) is 5.75 Å². The van der Waals surface area contributed by atoms with Crippen LogP contribution in [0.5, 0.6) is 5.75 Å². The number of halogens is 1. The van der Waals surface area contributed by atoms with Gasteiger partial charge in [-0.2, -0.15) is 0 Å². The molecule has 0 heterocycles. The molecule has 0 aromatic heterocycles. The topological polar surface area (TPSA) is 9.23 Å². The van der Waals surface area contributed by atoms with Crippen LogP contribution in [0.4, 0.5) is 0 Å². The van der Waals surface area contributed by atoms with E-state index >= 15 is 0 Å². The van der Waals surface area contributed by atoms with Crippen LogP contribution in [0.1, 0.15) is 44.6 Å². The lowest BCUT2D eigenvalue weighted by molar-refractivity contribution is 0.305. The normalized spacial score (nSPS) is 10.7. The summed E-state index contributed by atoms with van der Waals surface area (Å²) in [5.74, 6) is 0.785. The molecule has 0 bridgehead atoms. The molecule has 0 aliphatic rings. The predicted molar refractivity (Wildman–Crippen MR) is 95.9 cm³/mol. The number of aryl methyl sites for hydroxylation is 1. The van der Waals surface area contributed by atoms with Crippen LogP contribution < -0.4 is 4.74 Å². The van der Waals surface area contributed by atoms with Gasteiger partial charge in [-0.1, -0.05) is 80.1 Å². The number of ether oxygens (including phenoxy) is 1. The summed E-state index contributed by atoms with van der Waals surface area (Å²) < 4.78 is 5.80. The molecular weight excluding hydrogens is 292 g/mol. The van der Waals surface area contributed by atoms with Crippen LogP contribution in [0.3, 0.4) is 0 Å². The lowest BCUT2D eigenvalue weighted by atomic mass is 10.0. The summed E-state index contributed by atoms with van der Waals surface area (Å²) in [5, 5.41) is 0.687. The zero-order chi connectivity index (χ0) is 15.8. The van der Waals surface area contributed by atoms with Crippen molar-refractivity contribution in [3.8, 4) is 16.9 Å². The molecule has 2 aromatic carbocycles. The molecule has 0 aliphatic carbocycles. The molecule has 2 rings (SSSR count). The summed E-state index contributed by atoms with van der Waals surface area (Å²) >= 11 is 6.35. The molecule has 118 valence electrons. The smallest absolute Gasteiger partial charge is 0.137 e. The molecule has 0 amide bonds. The third-order valence-corrected chi connectivity index (χ3v) is 4.12. The van der Waals surface area contributed by atoms with Gasteiger partial charge in [-0.05, 0) is 36.6 Å². The van der Waals surface area contributed by atoms with Crippen LogP contribution in [0.2, 0.25) is 5.02 Å². The van der Waals surface area contributed by atoms with E-state index in [4.69, 9.17) is 16.3 Å². The Hall–Kier alpha value is -1.47. The summed E-state index contributed by atoms with van der Waals surface area (Å²) in [5.41, 5.74) is 3.57. The number of hydrogen-bond donors (Lipinski definition) is 0. The zero-order valence-corrected chi connectivity index (χ0v) is 14.3. The summed E-state index contributed by atoms with van der Waals surface area (Å²) in [6.45, 7) is 5.06. The Bertz CT molecular complexity index is 575. The second kappa shape index (κ2) is 8.85. The van der Waals surface area contributed by atoms with Crippen molar-refractivity contribution in [2.45, 2.75) is 46.0 Å². The number of benzene rings is 2. The van der Waals surface area contributed by atoms with Gasteiger partial charge in [-0.25, -0.2) is 0 Å². The van der Waals surface area contributed by atoms with Crippen LogP contribution >= 0.6 is 11.6 Å². The van der Waals surface area contributed by atoms with Gasteiger partial charge in [-0.3, -0.25) is 0 Å². The van der Waals surface area contributed by atoms with Crippen molar-refractivity contribution < 1.29 is 4.74 Å². The van der Waals surface area contributed by atoms with Gasteiger partial charge in [0.2, 0.25) is 0 Å². The van der Waals surface area contributed by atoms with E-state index in [0.717, 1.165) is 24.3 Å². The van der Waals surface area contributed by atoms with Gasteiger partial charge >= 0.3 is 0 Å². The SMILES string of the molecule is CCCCCCCOc1ccc(-c2ccc(C)cc2)cc1Cl. The van der Waals surface area contributed by atoms with Gasteiger partial charge in [0.05, 0.1) is 11.6 Å². The van der Waals surface area contributed by atoms with Gasteiger partial charge in [0.15, 0.2) is 0 Å². The fraction of sp³-hybridized carbons (Fsp3) is 0.400. The monoisotopic (exact) mass is 316 g/mol. The maximum atomic E-state index is 6.35. The standard InChI is InChI=1S/C20H25ClO/c1-3-4-5-6-7-14-22-20-13-12-18(15-19(20)21)17-10-8-16(2)9-11-17/h8-13,15H,3-7,14H2,1-2H3. The van der Waals surface area contributed by atoms with E-state index < -0.39 is 0 Å². The third-order valence-electron chi connectivity index (χ3n) is 3.82. The molecule has 0 radical (unpaired) electrons. The van der Waals surface area contributed by atoms with Crippen molar-refractivity contribution in [3.63, 3.8) is 0 Å². The molecule has 0 N–H and O–H groups in total.